The summed E-state index contributed by atoms with van der Waals surface area (Å²) in [6.45, 7) is 7.20. The summed E-state index contributed by atoms with van der Waals surface area (Å²) in [5, 5.41) is 4.94. The van der Waals surface area contributed by atoms with Crippen LogP contribution in [0.15, 0.2) is 12.1 Å². The number of hydrogen-bond donors (Lipinski definition) is 2. The number of nitrogens with zero attached hydrogens (tertiary/aromatic N) is 1. The summed E-state index contributed by atoms with van der Waals surface area (Å²) in [5.74, 6) is -2.32. The molecular weight excluding hydrogens is 364 g/mol. The van der Waals surface area contributed by atoms with Crippen LogP contribution in [0.1, 0.15) is 33.6 Å². The lowest BCUT2D eigenvalue weighted by Gasteiger charge is -2.31. The van der Waals surface area contributed by atoms with Gasteiger partial charge in [-0.05, 0) is 52.8 Å². The van der Waals surface area contributed by atoms with E-state index in [2.05, 4.69) is 10.6 Å². The molecule has 1 saturated heterocycles. The minimum absolute atomic E-state index is 0.0584. The van der Waals surface area contributed by atoms with Crippen molar-refractivity contribution in [3.05, 3.63) is 28.8 Å². The van der Waals surface area contributed by atoms with E-state index in [-0.39, 0.29) is 40.5 Å². The third-order valence-corrected chi connectivity index (χ3v) is 4.37. The van der Waals surface area contributed by atoms with E-state index in [4.69, 9.17) is 11.6 Å². The first kappa shape index (κ1) is 20.6. The molecular formula is C18H24ClF2N3O2. The third kappa shape index (κ3) is 5.92. The Hall–Kier alpha value is -1.73. The van der Waals surface area contributed by atoms with E-state index in [0.717, 1.165) is 12.1 Å². The molecule has 2 rings (SSSR count). The van der Waals surface area contributed by atoms with Crippen LogP contribution in [0.2, 0.25) is 5.02 Å². The van der Waals surface area contributed by atoms with E-state index in [0.29, 0.717) is 25.9 Å². The molecule has 0 radical (unpaired) electrons. The van der Waals surface area contributed by atoms with E-state index in [1.54, 1.807) is 0 Å². The minimum atomic E-state index is -0.849. The van der Waals surface area contributed by atoms with Gasteiger partial charge in [-0.3, -0.25) is 14.5 Å². The third-order valence-electron chi connectivity index (χ3n) is 4.09. The second-order valence-electron chi connectivity index (χ2n) is 7.59. The van der Waals surface area contributed by atoms with Crippen molar-refractivity contribution < 1.29 is 18.4 Å². The molecule has 0 bridgehead atoms. The molecule has 1 fully saturated rings. The molecule has 2 amide bonds. The van der Waals surface area contributed by atoms with Gasteiger partial charge in [0.25, 0.3) is 0 Å². The maximum atomic E-state index is 13.9. The lowest BCUT2D eigenvalue weighted by atomic mass is 9.95. The fourth-order valence-electron chi connectivity index (χ4n) is 2.90. The number of anilines is 1. The second kappa shape index (κ2) is 8.31. The summed E-state index contributed by atoms with van der Waals surface area (Å²) in [5.41, 5.74) is -0.544. The van der Waals surface area contributed by atoms with Crippen LogP contribution < -0.4 is 10.6 Å². The zero-order valence-electron chi connectivity index (χ0n) is 15.2. The van der Waals surface area contributed by atoms with Crippen molar-refractivity contribution in [3.63, 3.8) is 0 Å². The number of rotatable bonds is 4. The Balaban J connectivity index is 1.86. The van der Waals surface area contributed by atoms with Gasteiger partial charge in [0.05, 0.1) is 17.3 Å². The molecule has 8 heteroatoms. The standard InChI is InChI=1S/C18H24ClF2N3O2/c1-18(2,3)23-15(25)10-24-6-4-11(5-7-24)17(26)22-14-9-12(20)8-13(19)16(14)21/h8-9,11H,4-7,10H2,1-3H3,(H,22,26)(H,23,25). The lowest BCUT2D eigenvalue weighted by molar-refractivity contribution is -0.124. The van der Waals surface area contributed by atoms with Gasteiger partial charge in [-0.1, -0.05) is 11.6 Å². The number of hydrogen-bond acceptors (Lipinski definition) is 3. The molecule has 26 heavy (non-hydrogen) atoms. The van der Waals surface area contributed by atoms with Gasteiger partial charge in [-0.2, -0.15) is 0 Å². The van der Waals surface area contributed by atoms with Crippen LogP contribution in [-0.4, -0.2) is 41.9 Å². The summed E-state index contributed by atoms with van der Waals surface area (Å²) in [6.07, 6.45) is 1.08. The van der Waals surface area contributed by atoms with E-state index in [9.17, 15) is 18.4 Å². The predicted molar refractivity (Wildman–Crippen MR) is 97.1 cm³/mol. The highest BCUT2D eigenvalue weighted by Crippen LogP contribution is 2.26. The van der Waals surface area contributed by atoms with Gasteiger partial charge in [0.15, 0.2) is 5.82 Å². The summed E-state index contributed by atoms with van der Waals surface area (Å²) in [6, 6.07) is 1.76. The molecule has 144 valence electrons. The maximum absolute atomic E-state index is 13.9. The first-order chi connectivity index (χ1) is 12.0. The van der Waals surface area contributed by atoms with E-state index in [1.165, 1.54) is 0 Å². The van der Waals surface area contributed by atoms with Crippen LogP contribution in [0.3, 0.4) is 0 Å². The van der Waals surface area contributed by atoms with Gasteiger partial charge in [-0.15, -0.1) is 0 Å². The van der Waals surface area contributed by atoms with Gasteiger partial charge in [-0.25, -0.2) is 8.78 Å². The number of halogens is 3. The highest BCUT2D eigenvalue weighted by atomic mass is 35.5. The fraction of sp³-hybridized carbons (Fsp3) is 0.556. The summed E-state index contributed by atoms with van der Waals surface area (Å²) < 4.78 is 27.2. The van der Waals surface area contributed by atoms with Gasteiger partial charge in [0, 0.05) is 17.5 Å². The summed E-state index contributed by atoms with van der Waals surface area (Å²) in [7, 11) is 0. The zero-order chi connectivity index (χ0) is 19.5. The Kier molecular flexibility index (Phi) is 6.58. The Morgan fingerprint density at radius 3 is 2.42 bits per heavy atom. The number of likely N-dealkylation sites (tertiary alicyclic amines) is 1. The number of carbonyl (C=O) groups excluding carboxylic acids is 2. The molecule has 1 aliphatic rings. The number of carbonyl (C=O) groups is 2. The summed E-state index contributed by atoms with van der Waals surface area (Å²) >= 11 is 5.59. The van der Waals surface area contributed by atoms with Crippen molar-refractivity contribution >= 4 is 29.1 Å². The van der Waals surface area contributed by atoms with Crippen LogP contribution in [0, 0.1) is 17.6 Å². The number of piperidine rings is 1. The van der Waals surface area contributed by atoms with Crippen LogP contribution in [0.5, 0.6) is 0 Å². The smallest absolute Gasteiger partial charge is 0.234 e. The average molecular weight is 388 g/mol. The summed E-state index contributed by atoms with van der Waals surface area (Å²) in [4.78, 5) is 26.3. The van der Waals surface area contributed by atoms with Crippen molar-refractivity contribution in [2.75, 3.05) is 25.0 Å². The van der Waals surface area contributed by atoms with Crippen molar-refractivity contribution in [2.24, 2.45) is 5.92 Å². The van der Waals surface area contributed by atoms with Gasteiger partial charge in [0.2, 0.25) is 11.8 Å². The number of nitrogens with one attached hydrogen (secondary N) is 2. The van der Waals surface area contributed by atoms with Crippen LogP contribution in [-0.2, 0) is 9.59 Å². The Labute approximate surface area is 157 Å². The largest absolute Gasteiger partial charge is 0.350 e. The maximum Gasteiger partial charge on any atom is 0.234 e. The Bertz CT molecular complexity index is 684. The molecule has 5 nitrogen and oxygen atoms in total. The molecule has 1 heterocycles. The minimum Gasteiger partial charge on any atom is -0.350 e. The van der Waals surface area contributed by atoms with E-state index >= 15 is 0 Å². The fourth-order valence-corrected chi connectivity index (χ4v) is 3.10. The van der Waals surface area contributed by atoms with Crippen LogP contribution in [0.4, 0.5) is 14.5 Å². The molecule has 0 spiro atoms. The van der Waals surface area contributed by atoms with E-state index in [1.807, 2.05) is 25.7 Å². The molecule has 1 aliphatic heterocycles. The molecule has 0 aliphatic carbocycles. The Morgan fingerprint density at radius 1 is 1.23 bits per heavy atom. The predicted octanol–water partition coefficient (Wildman–Crippen LogP) is 3.18. The molecule has 0 atom stereocenters. The average Bonchev–Trinajstić information content (AvgIpc) is 2.50. The highest BCUT2D eigenvalue weighted by molar-refractivity contribution is 6.31. The van der Waals surface area contributed by atoms with Crippen LogP contribution in [0.25, 0.3) is 0 Å². The monoisotopic (exact) mass is 387 g/mol. The first-order valence-corrected chi connectivity index (χ1v) is 8.92. The van der Waals surface area contributed by atoms with Crippen molar-refractivity contribution in [1.82, 2.24) is 10.2 Å². The van der Waals surface area contributed by atoms with Gasteiger partial charge in [0.1, 0.15) is 5.82 Å². The van der Waals surface area contributed by atoms with Crippen molar-refractivity contribution in [3.8, 4) is 0 Å². The van der Waals surface area contributed by atoms with Crippen LogP contribution >= 0.6 is 11.6 Å². The molecule has 0 saturated carbocycles. The Morgan fingerprint density at radius 2 is 1.85 bits per heavy atom. The zero-order valence-corrected chi connectivity index (χ0v) is 15.9. The van der Waals surface area contributed by atoms with Gasteiger partial charge < -0.3 is 10.6 Å². The first-order valence-electron chi connectivity index (χ1n) is 8.54. The number of amides is 2. The van der Waals surface area contributed by atoms with Gasteiger partial charge >= 0.3 is 0 Å². The quantitative estimate of drug-likeness (QED) is 0.780. The normalized spacial score (nSPS) is 16.4. The van der Waals surface area contributed by atoms with Crippen molar-refractivity contribution in [2.45, 2.75) is 39.2 Å². The SMILES string of the molecule is CC(C)(C)NC(=O)CN1CCC(C(=O)Nc2cc(F)cc(Cl)c2F)CC1. The highest BCUT2D eigenvalue weighted by Gasteiger charge is 2.27. The molecule has 0 aromatic heterocycles. The van der Waals surface area contributed by atoms with Crippen molar-refractivity contribution in [1.29, 1.82) is 0 Å². The molecule has 1 aromatic rings. The second-order valence-corrected chi connectivity index (χ2v) is 7.99. The van der Waals surface area contributed by atoms with E-state index < -0.39 is 11.6 Å². The molecule has 2 N–H and O–H groups in total. The number of benzene rings is 1. The molecule has 0 unspecified atom stereocenters. The topological polar surface area (TPSA) is 61.4 Å². The lowest BCUT2D eigenvalue weighted by Crippen LogP contribution is -2.48. The molecule has 1 aromatic carbocycles.